The van der Waals surface area contributed by atoms with Crippen LogP contribution in [0.15, 0.2) is 22.7 Å². The largest absolute Gasteiger partial charge is 0.497 e. The van der Waals surface area contributed by atoms with E-state index in [2.05, 4.69) is 33.0 Å². The molecule has 0 aromatic heterocycles. The molecule has 1 aromatic rings. The molecule has 1 saturated carbocycles. The van der Waals surface area contributed by atoms with Crippen LogP contribution in [0.5, 0.6) is 5.75 Å². The minimum Gasteiger partial charge on any atom is -0.497 e. The summed E-state index contributed by atoms with van der Waals surface area (Å²) in [6.45, 7) is 6.12. The number of likely N-dealkylation sites (tertiary alicyclic amines) is 1. The zero-order chi connectivity index (χ0) is 22.4. The van der Waals surface area contributed by atoms with E-state index in [1.54, 1.807) is 11.4 Å². The molecule has 7 heteroatoms. The van der Waals surface area contributed by atoms with Crippen molar-refractivity contribution in [2.75, 3.05) is 39.5 Å². The lowest BCUT2D eigenvalue weighted by molar-refractivity contribution is 0.156. The molecule has 1 aromatic carbocycles. The van der Waals surface area contributed by atoms with E-state index in [9.17, 15) is 8.42 Å². The quantitative estimate of drug-likeness (QED) is 0.468. The molecule has 5 nitrogen and oxygen atoms in total. The van der Waals surface area contributed by atoms with E-state index in [1.165, 1.54) is 55.2 Å². The number of benzene rings is 1. The Kier molecular flexibility index (Phi) is 9.26. The SMILES string of the molecule is CCN(C1CCC(CCN2CCC(Cc3cc(OC)ccc3Br)CC2)CC1)S(C)(=O)=O. The van der Waals surface area contributed by atoms with Crippen molar-refractivity contribution >= 4 is 26.0 Å². The average molecular weight is 516 g/mol. The Labute approximate surface area is 197 Å². The standard InChI is InChI=1S/C24H39BrN2O3S/c1-4-27(31(3,28)29)22-7-5-19(6-8-22)11-14-26-15-12-20(13-16-26)17-21-18-23(30-2)9-10-24(21)25/h9-10,18-20,22H,4-8,11-17H2,1-3H3. The van der Waals surface area contributed by atoms with Gasteiger partial charge in [0.2, 0.25) is 10.0 Å². The average Bonchev–Trinajstić information content (AvgIpc) is 2.75. The van der Waals surface area contributed by atoms with Gasteiger partial charge in [0.1, 0.15) is 5.75 Å². The maximum atomic E-state index is 12.0. The summed E-state index contributed by atoms with van der Waals surface area (Å²) in [6, 6.07) is 6.47. The van der Waals surface area contributed by atoms with Crippen molar-refractivity contribution in [2.45, 2.75) is 64.3 Å². The van der Waals surface area contributed by atoms with Gasteiger partial charge >= 0.3 is 0 Å². The van der Waals surface area contributed by atoms with Gasteiger partial charge in [-0.1, -0.05) is 22.9 Å². The third-order valence-corrected chi connectivity index (χ3v) is 9.47. The Morgan fingerprint density at radius 1 is 1.10 bits per heavy atom. The van der Waals surface area contributed by atoms with Crippen molar-refractivity contribution in [2.24, 2.45) is 11.8 Å². The van der Waals surface area contributed by atoms with Crippen LogP contribution in [0.4, 0.5) is 0 Å². The van der Waals surface area contributed by atoms with Gasteiger partial charge in [-0.3, -0.25) is 0 Å². The van der Waals surface area contributed by atoms with Crippen LogP contribution in [0.1, 0.15) is 57.4 Å². The molecule has 176 valence electrons. The minimum atomic E-state index is -3.08. The van der Waals surface area contributed by atoms with Crippen LogP contribution in [-0.2, 0) is 16.4 Å². The van der Waals surface area contributed by atoms with Crippen LogP contribution in [-0.4, -0.2) is 63.2 Å². The summed E-state index contributed by atoms with van der Waals surface area (Å²) >= 11 is 3.69. The summed E-state index contributed by atoms with van der Waals surface area (Å²) in [6.07, 6.45) is 10.6. The molecule has 0 atom stereocenters. The topological polar surface area (TPSA) is 49.9 Å². The zero-order valence-corrected chi connectivity index (χ0v) is 21.8. The maximum absolute atomic E-state index is 12.0. The van der Waals surface area contributed by atoms with Crippen molar-refractivity contribution in [3.05, 3.63) is 28.2 Å². The molecule has 1 aliphatic carbocycles. The highest BCUT2D eigenvalue weighted by atomic mass is 79.9. The number of hydrogen-bond donors (Lipinski definition) is 0. The molecule has 1 aliphatic heterocycles. The second-order valence-corrected chi connectivity index (χ2v) is 12.2. The molecule has 0 N–H and O–H groups in total. The van der Waals surface area contributed by atoms with E-state index in [0.29, 0.717) is 6.54 Å². The summed E-state index contributed by atoms with van der Waals surface area (Å²) in [7, 11) is -1.36. The van der Waals surface area contributed by atoms with Gasteiger partial charge in [-0.05, 0) is 107 Å². The van der Waals surface area contributed by atoms with Crippen LogP contribution in [0.25, 0.3) is 0 Å². The molecule has 1 heterocycles. The van der Waals surface area contributed by atoms with Gasteiger partial charge in [0.25, 0.3) is 0 Å². The van der Waals surface area contributed by atoms with Gasteiger partial charge in [-0.25, -0.2) is 8.42 Å². The predicted octanol–water partition coefficient (Wildman–Crippen LogP) is 4.94. The summed E-state index contributed by atoms with van der Waals surface area (Å²) in [5, 5.41) is 0. The summed E-state index contributed by atoms with van der Waals surface area (Å²) in [5.74, 6) is 2.43. The van der Waals surface area contributed by atoms with E-state index >= 15 is 0 Å². The smallest absolute Gasteiger partial charge is 0.211 e. The summed E-state index contributed by atoms with van der Waals surface area (Å²) < 4.78 is 32.2. The first-order valence-electron chi connectivity index (χ1n) is 11.8. The van der Waals surface area contributed by atoms with Crippen molar-refractivity contribution < 1.29 is 13.2 Å². The second-order valence-electron chi connectivity index (χ2n) is 9.38. The van der Waals surface area contributed by atoms with Crippen molar-refractivity contribution in [1.29, 1.82) is 0 Å². The van der Waals surface area contributed by atoms with Crippen LogP contribution in [0.3, 0.4) is 0 Å². The number of ether oxygens (including phenoxy) is 1. The Balaban J connectivity index is 1.38. The lowest BCUT2D eigenvalue weighted by atomic mass is 9.83. The van der Waals surface area contributed by atoms with Gasteiger partial charge in [-0.15, -0.1) is 0 Å². The van der Waals surface area contributed by atoms with E-state index in [-0.39, 0.29) is 6.04 Å². The first kappa shape index (κ1) is 25.0. The van der Waals surface area contributed by atoms with Crippen LogP contribution in [0.2, 0.25) is 0 Å². The molecule has 0 amide bonds. The summed E-state index contributed by atoms with van der Waals surface area (Å²) in [5.41, 5.74) is 1.35. The number of methoxy groups -OCH3 is 1. The molecule has 0 unspecified atom stereocenters. The number of halogens is 1. The van der Waals surface area contributed by atoms with Gasteiger partial charge < -0.3 is 9.64 Å². The number of rotatable bonds is 9. The fraction of sp³-hybridized carbons (Fsp3) is 0.750. The monoisotopic (exact) mass is 514 g/mol. The Morgan fingerprint density at radius 2 is 1.77 bits per heavy atom. The van der Waals surface area contributed by atoms with Crippen molar-refractivity contribution in [1.82, 2.24) is 9.21 Å². The number of sulfonamides is 1. The lowest BCUT2D eigenvalue weighted by Crippen LogP contribution is -2.42. The molecule has 0 bridgehead atoms. The van der Waals surface area contributed by atoms with Crippen LogP contribution < -0.4 is 4.74 Å². The normalized spacial score (nSPS) is 23.9. The van der Waals surface area contributed by atoms with Gasteiger partial charge in [0.05, 0.1) is 13.4 Å². The lowest BCUT2D eigenvalue weighted by Gasteiger charge is -2.36. The second kappa shape index (κ2) is 11.5. The molecule has 2 aliphatic rings. The molecule has 1 saturated heterocycles. The van der Waals surface area contributed by atoms with E-state index in [4.69, 9.17) is 4.74 Å². The highest BCUT2D eigenvalue weighted by Crippen LogP contribution is 2.32. The first-order chi connectivity index (χ1) is 14.8. The fourth-order valence-electron chi connectivity index (χ4n) is 5.41. The van der Waals surface area contributed by atoms with E-state index in [0.717, 1.165) is 49.7 Å². The highest BCUT2D eigenvalue weighted by molar-refractivity contribution is 9.10. The predicted molar refractivity (Wildman–Crippen MR) is 131 cm³/mol. The zero-order valence-electron chi connectivity index (χ0n) is 19.4. The Hall–Kier alpha value is -0.630. The first-order valence-corrected chi connectivity index (χ1v) is 14.5. The fourth-order valence-corrected chi connectivity index (χ4v) is 7.04. The molecule has 31 heavy (non-hydrogen) atoms. The molecular weight excluding hydrogens is 476 g/mol. The number of piperidine rings is 1. The number of hydrogen-bond acceptors (Lipinski definition) is 4. The molecule has 2 fully saturated rings. The maximum Gasteiger partial charge on any atom is 0.211 e. The van der Waals surface area contributed by atoms with Gasteiger partial charge in [-0.2, -0.15) is 4.31 Å². The van der Waals surface area contributed by atoms with E-state index < -0.39 is 10.0 Å². The molecule has 3 rings (SSSR count). The van der Waals surface area contributed by atoms with Crippen molar-refractivity contribution in [3.8, 4) is 5.75 Å². The number of nitrogens with zero attached hydrogens (tertiary/aromatic N) is 2. The molecule has 0 radical (unpaired) electrons. The van der Waals surface area contributed by atoms with Gasteiger partial charge in [0.15, 0.2) is 0 Å². The molecule has 0 spiro atoms. The Bertz CT molecular complexity index is 801. The van der Waals surface area contributed by atoms with Gasteiger partial charge in [0, 0.05) is 17.1 Å². The third-order valence-electron chi connectivity index (χ3n) is 7.28. The van der Waals surface area contributed by atoms with Crippen LogP contribution >= 0.6 is 15.9 Å². The third kappa shape index (κ3) is 7.18. The van der Waals surface area contributed by atoms with Crippen molar-refractivity contribution in [3.63, 3.8) is 0 Å². The van der Waals surface area contributed by atoms with E-state index in [1.807, 2.05) is 13.0 Å². The molecular formula is C24H39BrN2O3S. The summed E-state index contributed by atoms with van der Waals surface area (Å²) in [4.78, 5) is 2.64. The van der Waals surface area contributed by atoms with Crippen LogP contribution in [0, 0.1) is 11.8 Å². The highest BCUT2D eigenvalue weighted by Gasteiger charge is 2.30. The Morgan fingerprint density at radius 3 is 2.35 bits per heavy atom. The minimum absolute atomic E-state index is 0.211.